The third-order valence-corrected chi connectivity index (χ3v) is 3.90. The lowest BCUT2D eigenvalue weighted by Crippen LogP contribution is -2.23. The highest BCUT2D eigenvalue weighted by atomic mass is 35.5. The van der Waals surface area contributed by atoms with Crippen LogP contribution in [0.5, 0.6) is 0 Å². The maximum absolute atomic E-state index is 6.24. The molecule has 0 saturated heterocycles. The van der Waals surface area contributed by atoms with Crippen molar-refractivity contribution >= 4 is 17.3 Å². The van der Waals surface area contributed by atoms with Crippen molar-refractivity contribution in [3.8, 4) is 0 Å². The number of nitrogens with zero attached hydrogens (tertiary/aromatic N) is 1. The molecule has 0 radical (unpaired) electrons. The van der Waals surface area contributed by atoms with Crippen LogP contribution in [0.15, 0.2) is 48.5 Å². The highest BCUT2D eigenvalue weighted by Crippen LogP contribution is 2.24. The largest absolute Gasteiger partial charge is 0.375 e. The average Bonchev–Trinajstić information content (AvgIpc) is 2.45. The Balaban J connectivity index is 1.95. The number of anilines is 1. The van der Waals surface area contributed by atoms with E-state index < -0.39 is 0 Å². The van der Waals surface area contributed by atoms with Crippen molar-refractivity contribution in [1.82, 2.24) is 0 Å². The second-order valence-electron chi connectivity index (χ2n) is 5.17. The van der Waals surface area contributed by atoms with Crippen molar-refractivity contribution in [2.45, 2.75) is 19.4 Å². The Morgan fingerprint density at radius 2 is 1.75 bits per heavy atom. The molecule has 0 aliphatic carbocycles. The van der Waals surface area contributed by atoms with E-state index in [4.69, 9.17) is 17.3 Å². The maximum atomic E-state index is 6.24. The molecule has 0 aliphatic rings. The number of halogens is 1. The van der Waals surface area contributed by atoms with Gasteiger partial charge in [-0.05, 0) is 37.1 Å². The Labute approximate surface area is 126 Å². The molecule has 3 heteroatoms. The summed E-state index contributed by atoms with van der Waals surface area (Å²) in [5.74, 6) is 0. The van der Waals surface area contributed by atoms with Crippen LogP contribution in [-0.4, -0.2) is 13.6 Å². The van der Waals surface area contributed by atoms with E-state index in [1.54, 1.807) is 0 Å². The van der Waals surface area contributed by atoms with Gasteiger partial charge in [0.15, 0.2) is 0 Å². The summed E-state index contributed by atoms with van der Waals surface area (Å²) in [6.07, 6.45) is 0.869. The Hall–Kier alpha value is -1.51. The molecule has 0 aromatic heterocycles. The van der Waals surface area contributed by atoms with Crippen LogP contribution in [0.3, 0.4) is 0 Å². The zero-order valence-electron chi connectivity index (χ0n) is 12.0. The van der Waals surface area contributed by atoms with Gasteiger partial charge >= 0.3 is 0 Å². The highest BCUT2D eigenvalue weighted by molar-refractivity contribution is 6.31. The van der Waals surface area contributed by atoms with Crippen LogP contribution in [0, 0.1) is 6.92 Å². The van der Waals surface area contributed by atoms with Crippen LogP contribution in [-0.2, 0) is 0 Å². The third kappa shape index (κ3) is 3.75. The lowest BCUT2D eigenvalue weighted by molar-refractivity contribution is 0.646. The molecule has 0 fully saturated rings. The van der Waals surface area contributed by atoms with Gasteiger partial charge in [0.05, 0.1) is 0 Å². The molecule has 1 atom stereocenters. The standard InChI is InChI=1S/C17H21ClN2/c1-13-7-9-14(10-8-13)20(2)12-11-17(19)15-5-3-4-6-16(15)18/h3-10,17H,11-12,19H2,1-2H3. The Bertz CT molecular complexity index is 551. The number of nitrogens with two attached hydrogens (primary N) is 1. The monoisotopic (exact) mass is 288 g/mol. The van der Waals surface area contributed by atoms with E-state index >= 15 is 0 Å². The van der Waals surface area contributed by atoms with Gasteiger partial charge in [-0.1, -0.05) is 47.5 Å². The van der Waals surface area contributed by atoms with E-state index in [0.29, 0.717) is 0 Å². The lowest BCUT2D eigenvalue weighted by Gasteiger charge is -2.22. The number of benzene rings is 2. The van der Waals surface area contributed by atoms with Crippen LogP contribution in [0.4, 0.5) is 5.69 Å². The molecule has 2 aromatic carbocycles. The highest BCUT2D eigenvalue weighted by Gasteiger charge is 2.10. The third-order valence-electron chi connectivity index (χ3n) is 3.55. The molecule has 2 nitrogen and oxygen atoms in total. The van der Waals surface area contributed by atoms with Crippen molar-refractivity contribution in [3.05, 3.63) is 64.7 Å². The van der Waals surface area contributed by atoms with Crippen LogP contribution in [0.25, 0.3) is 0 Å². The fourth-order valence-electron chi connectivity index (χ4n) is 2.19. The zero-order chi connectivity index (χ0) is 14.5. The molecular formula is C17H21ClN2. The van der Waals surface area contributed by atoms with Gasteiger partial charge in [0, 0.05) is 30.3 Å². The zero-order valence-corrected chi connectivity index (χ0v) is 12.8. The number of hydrogen-bond acceptors (Lipinski definition) is 2. The minimum absolute atomic E-state index is 0.0309. The van der Waals surface area contributed by atoms with E-state index in [0.717, 1.165) is 23.6 Å². The molecule has 20 heavy (non-hydrogen) atoms. The molecule has 1 unspecified atom stereocenters. The van der Waals surface area contributed by atoms with Crippen molar-refractivity contribution in [2.75, 3.05) is 18.5 Å². The molecule has 2 aromatic rings. The van der Waals surface area contributed by atoms with E-state index in [2.05, 4.69) is 43.1 Å². The van der Waals surface area contributed by atoms with E-state index in [9.17, 15) is 0 Å². The topological polar surface area (TPSA) is 29.3 Å². The number of aryl methyl sites for hydroxylation is 1. The van der Waals surface area contributed by atoms with Gasteiger partial charge in [-0.2, -0.15) is 0 Å². The van der Waals surface area contributed by atoms with Crippen molar-refractivity contribution in [3.63, 3.8) is 0 Å². The quantitative estimate of drug-likeness (QED) is 0.894. The fraction of sp³-hybridized carbons (Fsp3) is 0.294. The van der Waals surface area contributed by atoms with Crippen molar-refractivity contribution < 1.29 is 0 Å². The lowest BCUT2D eigenvalue weighted by atomic mass is 10.0. The number of rotatable bonds is 5. The van der Waals surface area contributed by atoms with Crippen LogP contribution >= 0.6 is 11.6 Å². The molecule has 2 rings (SSSR count). The average molecular weight is 289 g/mol. The first-order valence-corrected chi connectivity index (χ1v) is 7.23. The molecule has 0 spiro atoms. The summed E-state index contributed by atoms with van der Waals surface area (Å²) in [6, 6.07) is 16.3. The maximum Gasteiger partial charge on any atom is 0.0453 e. The SMILES string of the molecule is Cc1ccc(N(C)CCC(N)c2ccccc2Cl)cc1. The predicted molar refractivity (Wildman–Crippen MR) is 87.4 cm³/mol. The van der Waals surface area contributed by atoms with Crippen LogP contribution < -0.4 is 10.6 Å². The molecule has 0 bridgehead atoms. The Kier molecular flexibility index (Phi) is 5.05. The van der Waals surface area contributed by atoms with E-state index in [1.165, 1.54) is 11.3 Å². The van der Waals surface area contributed by atoms with Gasteiger partial charge in [0.1, 0.15) is 0 Å². The minimum atomic E-state index is -0.0309. The van der Waals surface area contributed by atoms with Gasteiger partial charge in [0.2, 0.25) is 0 Å². The first-order valence-electron chi connectivity index (χ1n) is 6.86. The van der Waals surface area contributed by atoms with Gasteiger partial charge in [0.25, 0.3) is 0 Å². The molecule has 106 valence electrons. The molecular weight excluding hydrogens is 268 g/mol. The van der Waals surface area contributed by atoms with Gasteiger partial charge in [-0.25, -0.2) is 0 Å². The van der Waals surface area contributed by atoms with Gasteiger partial charge in [-0.3, -0.25) is 0 Å². The van der Waals surface area contributed by atoms with Crippen molar-refractivity contribution in [2.24, 2.45) is 5.73 Å². The first kappa shape index (κ1) is 14.9. The van der Waals surface area contributed by atoms with E-state index in [1.807, 2.05) is 24.3 Å². The summed E-state index contributed by atoms with van der Waals surface area (Å²) in [5.41, 5.74) is 9.74. The van der Waals surface area contributed by atoms with Gasteiger partial charge < -0.3 is 10.6 Å². The second kappa shape index (κ2) is 6.78. The van der Waals surface area contributed by atoms with Crippen LogP contribution in [0.1, 0.15) is 23.6 Å². The van der Waals surface area contributed by atoms with Crippen LogP contribution in [0.2, 0.25) is 5.02 Å². The summed E-state index contributed by atoms with van der Waals surface area (Å²) in [6.45, 7) is 2.99. The predicted octanol–water partition coefficient (Wildman–Crippen LogP) is 4.17. The smallest absolute Gasteiger partial charge is 0.0453 e. The van der Waals surface area contributed by atoms with Crippen molar-refractivity contribution in [1.29, 1.82) is 0 Å². The second-order valence-corrected chi connectivity index (χ2v) is 5.58. The van der Waals surface area contributed by atoms with Gasteiger partial charge in [-0.15, -0.1) is 0 Å². The fourth-order valence-corrected chi connectivity index (χ4v) is 2.47. The number of hydrogen-bond donors (Lipinski definition) is 1. The molecule has 0 saturated carbocycles. The molecule has 0 amide bonds. The molecule has 0 heterocycles. The molecule has 0 aliphatic heterocycles. The summed E-state index contributed by atoms with van der Waals surface area (Å²) >= 11 is 6.18. The first-order chi connectivity index (χ1) is 9.58. The summed E-state index contributed by atoms with van der Waals surface area (Å²) < 4.78 is 0. The normalized spacial score (nSPS) is 12.2. The summed E-state index contributed by atoms with van der Waals surface area (Å²) in [4.78, 5) is 2.22. The van der Waals surface area contributed by atoms with E-state index in [-0.39, 0.29) is 6.04 Å². The Morgan fingerprint density at radius 1 is 1.10 bits per heavy atom. The molecule has 2 N–H and O–H groups in total. The summed E-state index contributed by atoms with van der Waals surface area (Å²) in [7, 11) is 2.09. The minimum Gasteiger partial charge on any atom is -0.375 e. The Morgan fingerprint density at radius 3 is 2.40 bits per heavy atom. The summed E-state index contributed by atoms with van der Waals surface area (Å²) in [5, 5.41) is 0.748.